The first-order chi connectivity index (χ1) is 9.61. The average molecular weight is 294 g/mol. The second kappa shape index (κ2) is 6.76. The van der Waals surface area contributed by atoms with Gasteiger partial charge in [0.1, 0.15) is 0 Å². The molecule has 20 heavy (non-hydrogen) atoms. The van der Waals surface area contributed by atoms with Crippen LogP contribution in [0.2, 0.25) is 0 Å². The third-order valence-corrected chi connectivity index (χ3v) is 3.80. The van der Waals surface area contributed by atoms with Crippen LogP contribution in [0.4, 0.5) is 0 Å². The highest BCUT2D eigenvalue weighted by molar-refractivity contribution is 7.99. The van der Waals surface area contributed by atoms with Crippen molar-refractivity contribution in [1.29, 1.82) is 0 Å². The second-order valence-electron chi connectivity index (χ2n) is 4.44. The van der Waals surface area contributed by atoms with E-state index >= 15 is 0 Å². The molecule has 1 aromatic carbocycles. The van der Waals surface area contributed by atoms with E-state index in [0.29, 0.717) is 13.2 Å². The molecule has 1 N–H and O–H groups in total. The zero-order valence-electron chi connectivity index (χ0n) is 11.6. The van der Waals surface area contributed by atoms with Gasteiger partial charge in [-0.2, -0.15) is 0 Å². The van der Waals surface area contributed by atoms with Crippen molar-refractivity contribution in [2.75, 3.05) is 12.4 Å². The lowest BCUT2D eigenvalue weighted by Crippen LogP contribution is -2.17. The second-order valence-corrected chi connectivity index (χ2v) is 5.38. The highest BCUT2D eigenvalue weighted by atomic mass is 32.2. The van der Waals surface area contributed by atoms with Crippen molar-refractivity contribution in [3.8, 4) is 0 Å². The van der Waals surface area contributed by atoms with Crippen LogP contribution in [0.15, 0.2) is 29.4 Å². The highest BCUT2D eigenvalue weighted by Crippen LogP contribution is 2.24. The van der Waals surface area contributed by atoms with E-state index in [2.05, 4.69) is 4.98 Å². The van der Waals surface area contributed by atoms with Crippen LogP contribution in [0, 0.1) is 0 Å². The molecule has 0 amide bonds. The summed E-state index contributed by atoms with van der Waals surface area (Å²) in [5.74, 6) is -0.835. The van der Waals surface area contributed by atoms with Crippen LogP contribution in [0.25, 0.3) is 11.0 Å². The highest BCUT2D eigenvalue weighted by Gasteiger charge is 2.14. The fourth-order valence-corrected chi connectivity index (χ4v) is 2.80. The Morgan fingerprint density at radius 3 is 2.95 bits per heavy atom. The smallest absolute Gasteiger partial charge is 0.313 e. The summed E-state index contributed by atoms with van der Waals surface area (Å²) in [4.78, 5) is 15.2. The Bertz CT molecular complexity index is 597. The molecule has 0 saturated carbocycles. The van der Waals surface area contributed by atoms with E-state index in [1.165, 1.54) is 11.8 Å². The minimum Gasteiger partial charge on any atom is -0.481 e. The van der Waals surface area contributed by atoms with Gasteiger partial charge in [-0.25, -0.2) is 4.98 Å². The van der Waals surface area contributed by atoms with Gasteiger partial charge in [-0.3, -0.25) is 4.79 Å². The normalized spacial score (nSPS) is 12.7. The summed E-state index contributed by atoms with van der Waals surface area (Å²) < 4.78 is 7.60. The predicted octanol–water partition coefficient (Wildman–Crippen LogP) is 2.64. The molecule has 0 saturated heterocycles. The molecule has 0 aliphatic carbocycles. The number of fused-ring (bicyclic) bond motifs is 1. The maximum Gasteiger partial charge on any atom is 0.313 e. The molecular weight excluding hydrogens is 276 g/mol. The number of thioether (sulfide) groups is 1. The first-order valence-electron chi connectivity index (χ1n) is 6.53. The molecule has 0 radical (unpaired) electrons. The molecule has 5 nitrogen and oxygen atoms in total. The Balaban J connectivity index is 2.31. The Kier molecular flexibility index (Phi) is 5.03. The molecule has 1 heterocycles. The van der Waals surface area contributed by atoms with E-state index < -0.39 is 5.97 Å². The molecule has 1 atom stereocenters. The summed E-state index contributed by atoms with van der Waals surface area (Å²) in [6, 6.07) is 7.81. The SMILES string of the molecule is CCOC(C)Cn1c(SCC(=O)O)nc2ccccc21. The maximum absolute atomic E-state index is 10.7. The van der Waals surface area contributed by atoms with E-state index in [1.807, 2.05) is 42.7 Å². The van der Waals surface area contributed by atoms with Crippen LogP contribution in [-0.2, 0) is 16.1 Å². The first-order valence-corrected chi connectivity index (χ1v) is 7.51. The Labute approximate surface area is 121 Å². The molecule has 1 aromatic heterocycles. The number of rotatable bonds is 7. The van der Waals surface area contributed by atoms with Gasteiger partial charge in [0.25, 0.3) is 0 Å². The zero-order valence-corrected chi connectivity index (χ0v) is 12.4. The lowest BCUT2D eigenvalue weighted by Gasteiger charge is -2.14. The lowest BCUT2D eigenvalue weighted by molar-refractivity contribution is -0.133. The van der Waals surface area contributed by atoms with Crippen molar-refractivity contribution in [3.05, 3.63) is 24.3 Å². The number of hydrogen-bond donors (Lipinski definition) is 1. The van der Waals surface area contributed by atoms with Crippen LogP contribution in [0.3, 0.4) is 0 Å². The standard InChI is InChI=1S/C14H18N2O3S/c1-3-19-10(2)8-16-12-7-5-4-6-11(12)15-14(16)20-9-13(17)18/h4-7,10H,3,8-9H2,1-2H3,(H,17,18). The molecule has 0 spiro atoms. The molecular formula is C14H18N2O3S. The van der Waals surface area contributed by atoms with Crippen molar-refractivity contribution in [1.82, 2.24) is 9.55 Å². The Morgan fingerprint density at radius 1 is 1.50 bits per heavy atom. The number of para-hydroxylation sites is 2. The summed E-state index contributed by atoms with van der Waals surface area (Å²) in [6.07, 6.45) is 0.0572. The van der Waals surface area contributed by atoms with Crippen LogP contribution in [-0.4, -0.2) is 39.1 Å². The Morgan fingerprint density at radius 2 is 2.25 bits per heavy atom. The number of benzene rings is 1. The number of hydrogen-bond acceptors (Lipinski definition) is 4. The van der Waals surface area contributed by atoms with Gasteiger partial charge in [-0.15, -0.1) is 0 Å². The van der Waals surface area contributed by atoms with Gasteiger partial charge in [0.05, 0.1) is 29.4 Å². The summed E-state index contributed by atoms with van der Waals surface area (Å²) in [7, 11) is 0. The van der Waals surface area contributed by atoms with Gasteiger partial charge in [0, 0.05) is 6.61 Å². The molecule has 2 aromatic rings. The number of carbonyl (C=O) groups is 1. The molecule has 2 rings (SSSR count). The number of aromatic nitrogens is 2. The monoisotopic (exact) mass is 294 g/mol. The molecule has 0 aliphatic heterocycles. The van der Waals surface area contributed by atoms with Gasteiger partial charge in [0.15, 0.2) is 5.16 Å². The molecule has 0 bridgehead atoms. The van der Waals surface area contributed by atoms with Gasteiger partial charge >= 0.3 is 5.97 Å². The van der Waals surface area contributed by atoms with E-state index in [0.717, 1.165) is 16.2 Å². The third-order valence-electron chi connectivity index (χ3n) is 2.84. The summed E-state index contributed by atoms with van der Waals surface area (Å²) in [5.41, 5.74) is 1.89. The van der Waals surface area contributed by atoms with Gasteiger partial charge < -0.3 is 14.4 Å². The number of nitrogens with zero attached hydrogens (tertiary/aromatic N) is 2. The molecule has 1 unspecified atom stereocenters. The first kappa shape index (κ1) is 14.9. The van der Waals surface area contributed by atoms with E-state index in [1.54, 1.807) is 0 Å². The Hall–Kier alpha value is -1.53. The number of aliphatic carboxylic acids is 1. The third kappa shape index (κ3) is 3.52. The van der Waals surface area contributed by atoms with Crippen LogP contribution >= 0.6 is 11.8 Å². The minimum atomic E-state index is -0.841. The topological polar surface area (TPSA) is 64.3 Å². The molecule has 0 fully saturated rings. The van der Waals surface area contributed by atoms with Gasteiger partial charge in [0.2, 0.25) is 0 Å². The van der Waals surface area contributed by atoms with Crippen molar-refractivity contribution in [3.63, 3.8) is 0 Å². The minimum absolute atomic E-state index is 0.00629. The van der Waals surface area contributed by atoms with Crippen molar-refractivity contribution < 1.29 is 14.6 Å². The van der Waals surface area contributed by atoms with Crippen molar-refractivity contribution >= 4 is 28.8 Å². The molecule has 108 valence electrons. The van der Waals surface area contributed by atoms with Crippen LogP contribution in [0.5, 0.6) is 0 Å². The van der Waals surface area contributed by atoms with Gasteiger partial charge in [-0.05, 0) is 26.0 Å². The number of ether oxygens (including phenoxy) is 1. The van der Waals surface area contributed by atoms with Crippen molar-refractivity contribution in [2.24, 2.45) is 0 Å². The van der Waals surface area contributed by atoms with E-state index in [4.69, 9.17) is 9.84 Å². The quantitative estimate of drug-likeness (QED) is 0.795. The largest absolute Gasteiger partial charge is 0.481 e. The molecule has 0 aliphatic rings. The summed E-state index contributed by atoms with van der Waals surface area (Å²) in [5, 5.41) is 9.55. The molecule has 6 heteroatoms. The van der Waals surface area contributed by atoms with Crippen LogP contribution < -0.4 is 0 Å². The maximum atomic E-state index is 10.7. The number of carboxylic acids is 1. The zero-order chi connectivity index (χ0) is 14.5. The predicted molar refractivity (Wildman–Crippen MR) is 79.2 cm³/mol. The summed E-state index contributed by atoms with van der Waals surface area (Å²) in [6.45, 7) is 5.29. The fourth-order valence-electron chi connectivity index (χ4n) is 2.06. The van der Waals surface area contributed by atoms with Crippen molar-refractivity contribution in [2.45, 2.75) is 31.7 Å². The van der Waals surface area contributed by atoms with E-state index in [-0.39, 0.29) is 11.9 Å². The van der Waals surface area contributed by atoms with Gasteiger partial charge in [-0.1, -0.05) is 23.9 Å². The summed E-state index contributed by atoms with van der Waals surface area (Å²) >= 11 is 1.24. The fraction of sp³-hybridized carbons (Fsp3) is 0.429. The van der Waals surface area contributed by atoms with E-state index in [9.17, 15) is 4.79 Å². The number of carboxylic acid groups (broad SMARTS) is 1. The lowest BCUT2D eigenvalue weighted by atomic mass is 10.3. The van der Waals surface area contributed by atoms with Crippen LogP contribution in [0.1, 0.15) is 13.8 Å². The number of imidazole rings is 1. The average Bonchev–Trinajstić information content (AvgIpc) is 2.75.